The van der Waals surface area contributed by atoms with Crippen molar-refractivity contribution in [1.82, 2.24) is 0 Å². The van der Waals surface area contributed by atoms with Gasteiger partial charge < -0.3 is 5.11 Å². The molecule has 0 aromatic rings. The number of rotatable bonds is 0. The molecule has 1 aliphatic carbocycles. The molecule has 1 saturated carbocycles. The van der Waals surface area contributed by atoms with Crippen molar-refractivity contribution in [3.8, 4) is 0 Å². The Labute approximate surface area is 82.4 Å². The van der Waals surface area contributed by atoms with Crippen LogP contribution in [-0.4, -0.2) is 11.6 Å². The van der Waals surface area contributed by atoms with E-state index in [0.717, 1.165) is 11.8 Å². The molecule has 0 spiro atoms. The van der Waals surface area contributed by atoms with Crippen LogP contribution in [0.25, 0.3) is 0 Å². The Morgan fingerprint density at radius 1 is 1.00 bits per heavy atom. The largest absolute Gasteiger partial charge is 0.483 e. The van der Waals surface area contributed by atoms with Gasteiger partial charge in [-0.1, -0.05) is 53.4 Å². The summed E-state index contributed by atoms with van der Waals surface area (Å²) >= 11 is 0. The molecule has 0 amide bonds. The summed E-state index contributed by atoms with van der Waals surface area (Å²) in [5, 5.41) is 6.89. The van der Waals surface area contributed by atoms with Crippen LogP contribution in [0.15, 0.2) is 0 Å². The van der Waals surface area contributed by atoms with Crippen LogP contribution < -0.4 is 0 Å². The van der Waals surface area contributed by atoms with Crippen molar-refractivity contribution in [2.45, 2.75) is 53.4 Å². The van der Waals surface area contributed by atoms with Crippen molar-refractivity contribution >= 4 is 6.47 Å². The number of hydrogen-bond acceptors (Lipinski definition) is 1. The Bertz CT molecular complexity index is 84.3. The second kappa shape index (κ2) is 11.5. The first kappa shape index (κ1) is 15.0. The lowest BCUT2D eigenvalue weighted by Crippen LogP contribution is -2.08. The molecule has 1 N–H and O–H groups in total. The third-order valence-electron chi connectivity index (χ3n) is 2.30. The van der Waals surface area contributed by atoms with Crippen LogP contribution in [0.1, 0.15) is 53.4 Å². The summed E-state index contributed by atoms with van der Waals surface area (Å²) < 4.78 is 0. The van der Waals surface area contributed by atoms with Crippen molar-refractivity contribution in [1.29, 1.82) is 0 Å². The molecule has 2 heteroatoms. The molecule has 0 bridgehead atoms. The molecule has 0 unspecified atom stereocenters. The van der Waals surface area contributed by atoms with Crippen molar-refractivity contribution in [3.05, 3.63) is 0 Å². The van der Waals surface area contributed by atoms with Crippen LogP contribution in [0.2, 0.25) is 0 Å². The van der Waals surface area contributed by atoms with E-state index in [2.05, 4.69) is 13.8 Å². The quantitative estimate of drug-likeness (QED) is 0.590. The molecular weight excluding hydrogens is 164 g/mol. The van der Waals surface area contributed by atoms with Gasteiger partial charge in [0.25, 0.3) is 6.47 Å². The van der Waals surface area contributed by atoms with Gasteiger partial charge in [-0.25, -0.2) is 0 Å². The van der Waals surface area contributed by atoms with Gasteiger partial charge in [-0.15, -0.1) is 0 Å². The monoisotopic (exact) mass is 188 g/mol. The lowest BCUT2D eigenvalue weighted by molar-refractivity contribution is -0.122. The number of carboxylic acid groups (broad SMARTS) is 1. The maximum atomic E-state index is 8.36. The standard InChI is InChI=1S/C8H16.C2H6.CH2O2/c1-7-3-5-8(2)6-4-7;1-2;2-1-3/h7-8H,3-6H2,1-2H3;1-2H3;1H,(H,2,3). The first-order valence-corrected chi connectivity index (χ1v) is 5.28. The first-order valence-electron chi connectivity index (χ1n) is 5.28. The fourth-order valence-electron chi connectivity index (χ4n) is 1.43. The highest BCUT2D eigenvalue weighted by molar-refractivity contribution is 5.32. The van der Waals surface area contributed by atoms with Crippen LogP contribution in [0.3, 0.4) is 0 Å². The van der Waals surface area contributed by atoms with Gasteiger partial charge in [0.15, 0.2) is 0 Å². The Balaban J connectivity index is 0. The van der Waals surface area contributed by atoms with Gasteiger partial charge in [-0.2, -0.15) is 0 Å². The van der Waals surface area contributed by atoms with Crippen molar-refractivity contribution in [3.63, 3.8) is 0 Å². The number of carbonyl (C=O) groups is 1. The van der Waals surface area contributed by atoms with E-state index in [9.17, 15) is 0 Å². The Kier molecular flexibility index (Phi) is 13.2. The normalized spacial score (nSPS) is 25.8. The molecule has 1 aliphatic rings. The summed E-state index contributed by atoms with van der Waals surface area (Å²) in [5.74, 6) is 2.04. The molecular formula is C11H24O2. The van der Waals surface area contributed by atoms with Crippen LogP contribution in [0.5, 0.6) is 0 Å². The predicted molar refractivity (Wildman–Crippen MR) is 56.8 cm³/mol. The fraction of sp³-hybridized carbons (Fsp3) is 0.909. The van der Waals surface area contributed by atoms with Crippen molar-refractivity contribution in [2.75, 3.05) is 0 Å². The highest BCUT2D eigenvalue weighted by atomic mass is 16.3. The van der Waals surface area contributed by atoms with E-state index in [1.807, 2.05) is 13.8 Å². The molecule has 0 atom stereocenters. The lowest BCUT2D eigenvalue weighted by Gasteiger charge is -2.22. The summed E-state index contributed by atoms with van der Waals surface area (Å²) in [6.45, 7) is 8.48. The molecule has 13 heavy (non-hydrogen) atoms. The molecule has 0 radical (unpaired) electrons. The zero-order chi connectivity index (χ0) is 10.7. The van der Waals surface area contributed by atoms with E-state index in [4.69, 9.17) is 9.90 Å². The van der Waals surface area contributed by atoms with Gasteiger partial charge in [-0.3, -0.25) is 4.79 Å². The highest BCUT2D eigenvalue weighted by Crippen LogP contribution is 2.27. The van der Waals surface area contributed by atoms with E-state index < -0.39 is 0 Å². The van der Waals surface area contributed by atoms with Gasteiger partial charge in [-0.05, 0) is 11.8 Å². The SMILES string of the molecule is CC.CC1CCC(C)CC1.O=CO. The zero-order valence-corrected chi connectivity index (χ0v) is 9.42. The molecule has 1 rings (SSSR count). The van der Waals surface area contributed by atoms with Crippen LogP contribution >= 0.6 is 0 Å². The average molecular weight is 188 g/mol. The molecule has 80 valence electrons. The molecule has 1 fully saturated rings. The summed E-state index contributed by atoms with van der Waals surface area (Å²) in [6.07, 6.45) is 5.89. The van der Waals surface area contributed by atoms with Crippen LogP contribution in [0, 0.1) is 11.8 Å². The molecule has 0 saturated heterocycles. The van der Waals surface area contributed by atoms with Gasteiger partial charge >= 0.3 is 0 Å². The van der Waals surface area contributed by atoms with E-state index in [0.29, 0.717) is 0 Å². The van der Waals surface area contributed by atoms with E-state index in [-0.39, 0.29) is 6.47 Å². The number of hydrogen-bond donors (Lipinski definition) is 1. The second-order valence-corrected chi connectivity index (χ2v) is 3.47. The van der Waals surface area contributed by atoms with Gasteiger partial charge in [0.1, 0.15) is 0 Å². The van der Waals surface area contributed by atoms with Crippen LogP contribution in [0.4, 0.5) is 0 Å². The summed E-state index contributed by atoms with van der Waals surface area (Å²) in [6, 6.07) is 0. The Morgan fingerprint density at radius 2 is 1.15 bits per heavy atom. The van der Waals surface area contributed by atoms with E-state index >= 15 is 0 Å². The first-order chi connectivity index (χ1) is 6.20. The second-order valence-electron chi connectivity index (χ2n) is 3.47. The van der Waals surface area contributed by atoms with E-state index in [1.165, 1.54) is 25.7 Å². The zero-order valence-electron chi connectivity index (χ0n) is 9.42. The maximum Gasteiger partial charge on any atom is 0.290 e. The molecule has 0 heterocycles. The smallest absolute Gasteiger partial charge is 0.290 e. The maximum absolute atomic E-state index is 8.36. The molecule has 2 nitrogen and oxygen atoms in total. The molecule has 0 aromatic heterocycles. The minimum absolute atomic E-state index is 0.250. The summed E-state index contributed by atoms with van der Waals surface area (Å²) in [7, 11) is 0. The lowest BCUT2D eigenvalue weighted by atomic mass is 9.84. The fourth-order valence-corrected chi connectivity index (χ4v) is 1.43. The predicted octanol–water partition coefficient (Wildman–Crippen LogP) is 3.56. The average Bonchev–Trinajstić information content (AvgIpc) is 2.15. The molecule has 0 aliphatic heterocycles. The van der Waals surface area contributed by atoms with Gasteiger partial charge in [0.2, 0.25) is 0 Å². The summed E-state index contributed by atoms with van der Waals surface area (Å²) in [4.78, 5) is 8.36. The van der Waals surface area contributed by atoms with Crippen LogP contribution in [-0.2, 0) is 4.79 Å². The van der Waals surface area contributed by atoms with Gasteiger partial charge in [0, 0.05) is 0 Å². The molecule has 0 aromatic carbocycles. The van der Waals surface area contributed by atoms with E-state index in [1.54, 1.807) is 0 Å². The van der Waals surface area contributed by atoms with Crippen molar-refractivity contribution < 1.29 is 9.90 Å². The summed E-state index contributed by atoms with van der Waals surface area (Å²) in [5.41, 5.74) is 0. The third-order valence-corrected chi connectivity index (χ3v) is 2.30. The topological polar surface area (TPSA) is 37.3 Å². The third kappa shape index (κ3) is 11.5. The minimum atomic E-state index is -0.250. The van der Waals surface area contributed by atoms with Gasteiger partial charge in [0.05, 0.1) is 0 Å². The minimum Gasteiger partial charge on any atom is -0.483 e. The van der Waals surface area contributed by atoms with Crippen molar-refractivity contribution in [2.24, 2.45) is 11.8 Å². The highest BCUT2D eigenvalue weighted by Gasteiger charge is 2.13. The Hall–Kier alpha value is -0.530. The Morgan fingerprint density at radius 3 is 1.31 bits per heavy atom.